The van der Waals surface area contributed by atoms with Gasteiger partial charge in [0.1, 0.15) is 5.75 Å². The molecule has 0 saturated carbocycles. The first-order chi connectivity index (χ1) is 12.0. The Labute approximate surface area is 147 Å². The lowest BCUT2D eigenvalue weighted by Crippen LogP contribution is -2.45. The first-order valence-corrected chi connectivity index (χ1v) is 8.38. The quantitative estimate of drug-likeness (QED) is 0.745. The minimum Gasteiger partial charge on any atom is -0.508 e. The molecular weight excluding hydrogens is 318 g/mol. The highest BCUT2D eigenvalue weighted by molar-refractivity contribution is 6.01. The summed E-state index contributed by atoms with van der Waals surface area (Å²) < 4.78 is 5.79. The molecule has 0 aromatic heterocycles. The van der Waals surface area contributed by atoms with Crippen LogP contribution in [0.1, 0.15) is 13.8 Å². The Kier molecular flexibility index (Phi) is 5.09. The zero-order valence-corrected chi connectivity index (χ0v) is 14.4. The Morgan fingerprint density at radius 2 is 1.68 bits per heavy atom. The van der Waals surface area contributed by atoms with Gasteiger partial charge in [0.05, 0.1) is 23.6 Å². The fraction of sp³-hybridized carbons (Fsp3) is 0.316. The van der Waals surface area contributed by atoms with E-state index in [1.807, 2.05) is 24.3 Å². The lowest BCUT2D eigenvalue weighted by atomic mass is 10.1. The molecule has 1 heterocycles. The van der Waals surface area contributed by atoms with Crippen molar-refractivity contribution in [1.29, 1.82) is 0 Å². The van der Waals surface area contributed by atoms with Crippen LogP contribution in [0.15, 0.2) is 48.5 Å². The summed E-state index contributed by atoms with van der Waals surface area (Å²) in [5.41, 5.74) is 2.34. The first-order valence-electron chi connectivity index (χ1n) is 8.38. The number of aromatic hydroxyl groups is 1. The highest BCUT2D eigenvalue weighted by Gasteiger charge is 2.24. The second-order valence-corrected chi connectivity index (χ2v) is 6.31. The molecule has 6 nitrogen and oxygen atoms in total. The number of amides is 2. The van der Waals surface area contributed by atoms with Crippen LogP contribution in [0.25, 0.3) is 0 Å². The van der Waals surface area contributed by atoms with Crippen LogP contribution >= 0.6 is 0 Å². The Morgan fingerprint density at radius 3 is 2.36 bits per heavy atom. The number of rotatable bonds is 3. The number of benzene rings is 2. The van der Waals surface area contributed by atoms with E-state index in [2.05, 4.69) is 29.4 Å². The second kappa shape index (κ2) is 7.44. The van der Waals surface area contributed by atoms with Gasteiger partial charge in [-0.05, 0) is 50.2 Å². The monoisotopic (exact) mass is 341 g/mol. The lowest BCUT2D eigenvalue weighted by molar-refractivity contribution is -0.00517. The molecule has 6 heteroatoms. The standard InChI is InChI=1S/C19H23N3O3/c1-13-11-22(12-14(2)25-13)18-6-4-3-5-17(18)21-19(24)20-15-7-9-16(23)10-8-15/h3-10,13-14,23H,11-12H2,1-2H3,(H2,20,21,24)/t13-,14-/m1/s1. The molecule has 2 atom stereocenters. The van der Waals surface area contributed by atoms with E-state index in [9.17, 15) is 9.90 Å². The number of phenolic OH excluding ortho intramolecular Hbond substituents is 1. The molecule has 2 aromatic rings. The predicted octanol–water partition coefficient (Wildman–Crippen LogP) is 3.65. The number of hydrogen-bond donors (Lipinski definition) is 3. The van der Waals surface area contributed by atoms with Crippen molar-refractivity contribution in [2.24, 2.45) is 0 Å². The van der Waals surface area contributed by atoms with E-state index in [-0.39, 0.29) is 24.0 Å². The molecular formula is C19H23N3O3. The van der Waals surface area contributed by atoms with Crippen LogP contribution in [0.2, 0.25) is 0 Å². The van der Waals surface area contributed by atoms with Gasteiger partial charge in [-0.2, -0.15) is 0 Å². The number of phenols is 1. The third kappa shape index (κ3) is 4.42. The van der Waals surface area contributed by atoms with Gasteiger partial charge in [0, 0.05) is 18.8 Å². The van der Waals surface area contributed by atoms with E-state index >= 15 is 0 Å². The number of anilines is 3. The van der Waals surface area contributed by atoms with Crippen molar-refractivity contribution >= 4 is 23.1 Å². The summed E-state index contributed by atoms with van der Waals surface area (Å²) in [6, 6.07) is 13.8. The van der Waals surface area contributed by atoms with Crippen LogP contribution in [0.4, 0.5) is 21.9 Å². The van der Waals surface area contributed by atoms with Crippen LogP contribution in [-0.4, -0.2) is 36.4 Å². The average molecular weight is 341 g/mol. The van der Waals surface area contributed by atoms with Crippen molar-refractivity contribution < 1.29 is 14.6 Å². The molecule has 25 heavy (non-hydrogen) atoms. The molecule has 2 aromatic carbocycles. The molecule has 0 bridgehead atoms. The van der Waals surface area contributed by atoms with Crippen LogP contribution in [0, 0.1) is 0 Å². The number of hydrogen-bond acceptors (Lipinski definition) is 4. The number of carbonyl (C=O) groups excluding carboxylic acids is 1. The first kappa shape index (κ1) is 17.1. The van der Waals surface area contributed by atoms with Gasteiger partial charge in [-0.3, -0.25) is 0 Å². The zero-order chi connectivity index (χ0) is 17.8. The van der Waals surface area contributed by atoms with Gasteiger partial charge < -0.3 is 25.4 Å². The van der Waals surface area contributed by atoms with E-state index in [1.165, 1.54) is 12.1 Å². The fourth-order valence-corrected chi connectivity index (χ4v) is 3.06. The van der Waals surface area contributed by atoms with E-state index in [0.29, 0.717) is 5.69 Å². The van der Waals surface area contributed by atoms with Crippen LogP contribution in [-0.2, 0) is 4.74 Å². The molecule has 132 valence electrons. The molecule has 0 spiro atoms. The molecule has 1 fully saturated rings. The zero-order valence-electron chi connectivity index (χ0n) is 14.4. The molecule has 1 aliphatic heterocycles. The molecule has 2 amide bonds. The summed E-state index contributed by atoms with van der Waals surface area (Å²) >= 11 is 0. The summed E-state index contributed by atoms with van der Waals surface area (Å²) in [7, 11) is 0. The van der Waals surface area contributed by atoms with Gasteiger partial charge in [0.15, 0.2) is 0 Å². The van der Waals surface area contributed by atoms with Crippen molar-refractivity contribution in [2.75, 3.05) is 28.6 Å². The Morgan fingerprint density at radius 1 is 1.04 bits per heavy atom. The number of nitrogens with one attached hydrogen (secondary N) is 2. The highest BCUT2D eigenvalue weighted by Crippen LogP contribution is 2.28. The number of para-hydroxylation sites is 2. The second-order valence-electron chi connectivity index (χ2n) is 6.31. The van der Waals surface area contributed by atoms with Gasteiger partial charge >= 0.3 is 6.03 Å². The predicted molar refractivity (Wildman–Crippen MR) is 99.4 cm³/mol. The molecule has 0 unspecified atom stereocenters. The van der Waals surface area contributed by atoms with Crippen LogP contribution < -0.4 is 15.5 Å². The topological polar surface area (TPSA) is 73.8 Å². The lowest BCUT2D eigenvalue weighted by Gasteiger charge is -2.37. The maximum absolute atomic E-state index is 12.3. The van der Waals surface area contributed by atoms with Gasteiger partial charge in [0.2, 0.25) is 0 Å². The Balaban J connectivity index is 1.72. The van der Waals surface area contributed by atoms with Gasteiger partial charge in [0.25, 0.3) is 0 Å². The SMILES string of the molecule is C[C@@H]1CN(c2ccccc2NC(=O)Nc2ccc(O)cc2)C[C@@H](C)O1. The van der Waals surface area contributed by atoms with Crippen molar-refractivity contribution in [3.8, 4) is 5.75 Å². The maximum atomic E-state index is 12.3. The Bertz CT molecular complexity index is 723. The molecule has 1 aliphatic rings. The van der Waals surface area contributed by atoms with Gasteiger partial charge in [-0.15, -0.1) is 0 Å². The van der Waals surface area contributed by atoms with Crippen LogP contribution in [0.5, 0.6) is 5.75 Å². The van der Waals surface area contributed by atoms with E-state index < -0.39 is 0 Å². The molecule has 0 radical (unpaired) electrons. The van der Waals surface area contributed by atoms with Gasteiger partial charge in [-0.25, -0.2) is 4.79 Å². The number of morpholine rings is 1. The van der Waals surface area contributed by atoms with Crippen molar-refractivity contribution in [3.63, 3.8) is 0 Å². The highest BCUT2D eigenvalue weighted by atomic mass is 16.5. The largest absolute Gasteiger partial charge is 0.508 e. The molecule has 3 N–H and O–H groups in total. The number of nitrogens with zero attached hydrogens (tertiary/aromatic N) is 1. The minimum absolute atomic E-state index is 0.141. The Hall–Kier alpha value is -2.73. The van der Waals surface area contributed by atoms with Crippen molar-refractivity contribution in [3.05, 3.63) is 48.5 Å². The van der Waals surface area contributed by atoms with E-state index in [0.717, 1.165) is 24.5 Å². The van der Waals surface area contributed by atoms with Crippen molar-refractivity contribution in [1.82, 2.24) is 0 Å². The third-order valence-corrected chi connectivity index (χ3v) is 4.04. The summed E-state index contributed by atoms with van der Waals surface area (Å²) in [4.78, 5) is 14.5. The summed E-state index contributed by atoms with van der Waals surface area (Å²) in [5, 5.41) is 15.0. The number of carbonyl (C=O) groups is 1. The van der Waals surface area contributed by atoms with Crippen LogP contribution in [0.3, 0.4) is 0 Å². The molecule has 1 saturated heterocycles. The third-order valence-electron chi connectivity index (χ3n) is 4.04. The normalized spacial score (nSPS) is 20.2. The molecule has 3 rings (SSSR count). The molecule has 0 aliphatic carbocycles. The smallest absolute Gasteiger partial charge is 0.323 e. The minimum atomic E-state index is -0.326. The summed E-state index contributed by atoms with van der Waals surface area (Å²) in [6.07, 6.45) is 0.283. The summed E-state index contributed by atoms with van der Waals surface area (Å²) in [5.74, 6) is 0.159. The maximum Gasteiger partial charge on any atom is 0.323 e. The average Bonchev–Trinajstić information content (AvgIpc) is 2.56. The van der Waals surface area contributed by atoms with E-state index in [1.54, 1.807) is 12.1 Å². The number of urea groups is 1. The number of ether oxygens (including phenoxy) is 1. The summed E-state index contributed by atoms with van der Waals surface area (Å²) in [6.45, 7) is 5.66. The van der Waals surface area contributed by atoms with Crippen molar-refractivity contribution in [2.45, 2.75) is 26.1 Å². The van der Waals surface area contributed by atoms with Gasteiger partial charge in [-0.1, -0.05) is 12.1 Å². The fourth-order valence-electron chi connectivity index (χ4n) is 3.06. The van der Waals surface area contributed by atoms with E-state index in [4.69, 9.17) is 4.74 Å².